The molecular formula is C17H28O4Si. The zero-order valence-corrected chi connectivity index (χ0v) is 15.5. The van der Waals surface area contributed by atoms with Gasteiger partial charge in [-0.3, -0.25) is 0 Å². The third-order valence-corrected chi connectivity index (χ3v) is 8.64. The molecule has 0 saturated carbocycles. The molecule has 124 valence electrons. The standard InChI is InChI=1S/C17H28O4Si/c1-7-20-16(19)15(21-22(5,6)17(2,3)4)12-13-8-10-14(18)11-9-13/h8-11,15,18H,7,12H2,1-6H3/t15-/m0/s1. The Labute approximate surface area is 134 Å². The van der Waals surface area contributed by atoms with Gasteiger partial charge < -0.3 is 14.3 Å². The summed E-state index contributed by atoms with van der Waals surface area (Å²) in [5.41, 5.74) is 0.939. The Bertz CT molecular complexity index is 488. The van der Waals surface area contributed by atoms with Crippen LogP contribution in [0.5, 0.6) is 5.75 Å². The summed E-state index contributed by atoms with van der Waals surface area (Å²) in [6, 6.07) is 6.83. The third-order valence-electron chi connectivity index (χ3n) is 4.15. The summed E-state index contributed by atoms with van der Waals surface area (Å²) in [5, 5.41) is 9.38. The number of carbonyl (C=O) groups is 1. The van der Waals surface area contributed by atoms with Crippen LogP contribution in [0.15, 0.2) is 24.3 Å². The summed E-state index contributed by atoms with van der Waals surface area (Å²) >= 11 is 0. The second kappa shape index (κ2) is 7.29. The van der Waals surface area contributed by atoms with Gasteiger partial charge in [-0.25, -0.2) is 4.79 Å². The number of phenols is 1. The monoisotopic (exact) mass is 324 g/mol. The fraction of sp³-hybridized carbons (Fsp3) is 0.588. The Hall–Kier alpha value is -1.33. The van der Waals surface area contributed by atoms with Crippen molar-refractivity contribution in [2.75, 3.05) is 6.61 Å². The Morgan fingerprint density at radius 1 is 1.23 bits per heavy atom. The Kier molecular flexibility index (Phi) is 6.20. The zero-order chi connectivity index (χ0) is 17.0. The van der Waals surface area contributed by atoms with Crippen LogP contribution in [0.4, 0.5) is 0 Å². The van der Waals surface area contributed by atoms with E-state index in [0.717, 1.165) is 5.56 Å². The highest BCUT2D eigenvalue weighted by Crippen LogP contribution is 2.37. The predicted molar refractivity (Wildman–Crippen MR) is 90.5 cm³/mol. The number of ether oxygens (including phenoxy) is 1. The predicted octanol–water partition coefficient (Wildman–Crippen LogP) is 3.89. The van der Waals surface area contributed by atoms with Crippen molar-refractivity contribution in [2.24, 2.45) is 0 Å². The van der Waals surface area contributed by atoms with Crippen LogP contribution in [-0.4, -0.2) is 32.1 Å². The molecule has 0 radical (unpaired) electrons. The maximum absolute atomic E-state index is 12.2. The van der Waals surface area contributed by atoms with Crippen molar-refractivity contribution >= 4 is 14.3 Å². The smallest absolute Gasteiger partial charge is 0.334 e. The number of esters is 1. The summed E-state index contributed by atoms with van der Waals surface area (Å²) in [6.45, 7) is 12.8. The van der Waals surface area contributed by atoms with Gasteiger partial charge in [0.05, 0.1) is 6.61 Å². The molecular weight excluding hydrogens is 296 g/mol. The van der Waals surface area contributed by atoms with Crippen molar-refractivity contribution in [1.29, 1.82) is 0 Å². The molecule has 0 aliphatic rings. The highest BCUT2D eigenvalue weighted by molar-refractivity contribution is 6.74. The number of aromatic hydroxyl groups is 1. The van der Waals surface area contributed by atoms with Crippen molar-refractivity contribution in [2.45, 2.75) is 58.4 Å². The topological polar surface area (TPSA) is 55.8 Å². The summed E-state index contributed by atoms with van der Waals surface area (Å²) in [4.78, 5) is 12.2. The maximum Gasteiger partial charge on any atom is 0.334 e. The molecule has 1 aromatic rings. The summed E-state index contributed by atoms with van der Waals surface area (Å²) in [5.74, 6) is -0.109. The Morgan fingerprint density at radius 3 is 2.23 bits per heavy atom. The summed E-state index contributed by atoms with van der Waals surface area (Å²) in [7, 11) is -2.07. The van der Waals surface area contributed by atoms with Crippen molar-refractivity contribution in [1.82, 2.24) is 0 Å². The van der Waals surface area contributed by atoms with E-state index in [1.807, 2.05) is 0 Å². The highest BCUT2D eigenvalue weighted by atomic mass is 28.4. The van der Waals surface area contributed by atoms with Crippen LogP contribution in [-0.2, 0) is 20.4 Å². The maximum atomic E-state index is 12.2. The van der Waals surface area contributed by atoms with Gasteiger partial charge in [-0.15, -0.1) is 0 Å². The fourth-order valence-corrected chi connectivity index (χ4v) is 3.03. The lowest BCUT2D eigenvalue weighted by molar-refractivity contribution is -0.152. The van der Waals surface area contributed by atoms with Crippen molar-refractivity contribution in [3.05, 3.63) is 29.8 Å². The molecule has 0 aliphatic heterocycles. The largest absolute Gasteiger partial charge is 0.508 e. The molecule has 0 aliphatic carbocycles. The number of hydrogen-bond acceptors (Lipinski definition) is 4. The number of benzene rings is 1. The molecule has 0 bridgehead atoms. The second-order valence-corrected chi connectivity index (χ2v) is 11.7. The molecule has 5 heteroatoms. The van der Waals surface area contributed by atoms with Gasteiger partial charge in [0.2, 0.25) is 0 Å². The van der Waals surface area contributed by atoms with Gasteiger partial charge in [0, 0.05) is 6.42 Å². The van der Waals surface area contributed by atoms with E-state index >= 15 is 0 Å². The number of hydrogen-bond donors (Lipinski definition) is 1. The van der Waals surface area contributed by atoms with Gasteiger partial charge in [-0.2, -0.15) is 0 Å². The first-order chi connectivity index (χ1) is 10.1. The minimum atomic E-state index is -2.07. The number of phenolic OH excluding ortho intramolecular Hbond substituents is 1. The Balaban J connectivity index is 2.93. The zero-order valence-electron chi connectivity index (χ0n) is 14.5. The van der Waals surface area contributed by atoms with Gasteiger partial charge in [0.15, 0.2) is 8.32 Å². The molecule has 0 fully saturated rings. The minimum absolute atomic E-state index is 0.0205. The van der Waals surface area contributed by atoms with Crippen molar-refractivity contribution < 1.29 is 19.1 Å². The van der Waals surface area contributed by atoms with Crippen LogP contribution in [0, 0.1) is 0 Å². The first-order valence-electron chi connectivity index (χ1n) is 7.69. The molecule has 0 spiro atoms. The van der Waals surface area contributed by atoms with E-state index in [1.165, 1.54) is 0 Å². The van der Waals surface area contributed by atoms with E-state index in [0.29, 0.717) is 13.0 Å². The van der Waals surface area contributed by atoms with E-state index in [9.17, 15) is 9.90 Å². The molecule has 1 N–H and O–H groups in total. The fourth-order valence-electron chi connectivity index (χ4n) is 1.79. The summed E-state index contributed by atoms with van der Waals surface area (Å²) < 4.78 is 11.4. The average molecular weight is 324 g/mol. The van der Waals surface area contributed by atoms with E-state index in [4.69, 9.17) is 9.16 Å². The van der Waals surface area contributed by atoms with E-state index in [-0.39, 0.29) is 16.8 Å². The summed E-state index contributed by atoms with van der Waals surface area (Å²) in [6.07, 6.45) is -0.156. The van der Waals surface area contributed by atoms with Crippen LogP contribution >= 0.6 is 0 Å². The quantitative estimate of drug-likeness (QED) is 0.637. The molecule has 0 amide bonds. The molecule has 0 heterocycles. The molecule has 0 saturated heterocycles. The molecule has 0 unspecified atom stereocenters. The van der Waals surface area contributed by atoms with Crippen LogP contribution in [0.2, 0.25) is 18.1 Å². The number of carbonyl (C=O) groups excluding carboxylic acids is 1. The Morgan fingerprint density at radius 2 is 1.77 bits per heavy atom. The lowest BCUT2D eigenvalue weighted by Crippen LogP contribution is -2.47. The van der Waals surface area contributed by atoms with Crippen LogP contribution in [0.1, 0.15) is 33.3 Å². The third kappa shape index (κ3) is 5.14. The van der Waals surface area contributed by atoms with Gasteiger partial charge in [0.1, 0.15) is 11.9 Å². The molecule has 1 aromatic carbocycles. The van der Waals surface area contributed by atoms with Gasteiger partial charge in [-0.05, 0) is 42.8 Å². The highest BCUT2D eigenvalue weighted by Gasteiger charge is 2.41. The minimum Gasteiger partial charge on any atom is -0.508 e. The molecule has 4 nitrogen and oxygen atoms in total. The van der Waals surface area contributed by atoms with Crippen molar-refractivity contribution in [3.63, 3.8) is 0 Å². The molecule has 0 aromatic heterocycles. The lowest BCUT2D eigenvalue weighted by Gasteiger charge is -2.38. The molecule has 22 heavy (non-hydrogen) atoms. The van der Waals surface area contributed by atoms with E-state index in [2.05, 4.69) is 33.9 Å². The van der Waals surface area contributed by atoms with Gasteiger partial charge in [-0.1, -0.05) is 32.9 Å². The van der Waals surface area contributed by atoms with Crippen molar-refractivity contribution in [3.8, 4) is 5.75 Å². The number of rotatable bonds is 6. The van der Waals surface area contributed by atoms with Crippen LogP contribution in [0.3, 0.4) is 0 Å². The lowest BCUT2D eigenvalue weighted by atomic mass is 10.1. The second-order valence-electron chi connectivity index (χ2n) is 6.99. The van der Waals surface area contributed by atoms with E-state index in [1.54, 1.807) is 31.2 Å². The molecule has 1 rings (SSSR count). The van der Waals surface area contributed by atoms with E-state index < -0.39 is 14.4 Å². The molecule has 1 atom stereocenters. The first-order valence-corrected chi connectivity index (χ1v) is 10.6. The van der Waals surface area contributed by atoms with Crippen LogP contribution < -0.4 is 0 Å². The van der Waals surface area contributed by atoms with Crippen LogP contribution in [0.25, 0.3) is 0 Å². The average Bonchev–Trinajstić information content (AvgIpc) is 2.39. The SMILES string of the molecule is CCOC(=O)[C@H](Cc1ccc(O)cc1)O[Si](C)(C)C(C)(C)C. The first kappa shape index (κ1) is 18.7. The van der Waals surface area contributed by atoms with Gasteiger partial charge >= 0.3 is 5.97 Å². The normalized spacial score (nSPS) is 13.7. The van der Waals surface area contributed by atoms with Gasteiger partial charge in [0.25, 0.3) is 0 Å².